The molecule has 0 spiro atoms. The number of carbonyl (C=O) groups is 3. The number of hydrogen-bond acceptors (Lipinski definition) is 4. The number of aliphatic carboxylic acids is 3. The maximum Gasteiger partial charge on any atom is 0.312 e. The van der Waals surface area contributed by atoms with Crippen LogP contribution < -0.4 is 5.11 Å². The first-order valence-corrected chi connectivity index (χ1v) is 15.3. The van der Waals surface area contributed by atoms with Gasteiger partial charge in [-0.15, -0.1) is 0 Å². The van der Waals surface area contributed by atoms with Crippen LogP contribution in [0.3, 0.4) is 0 Å². The minimum absolute atomic E-state index is 0.218. The fourth-order valence-electron chi connectivity index (χ4n) is 5.44. The summed E-state index contributed by atoms with van der Waals surface area (Å²) < 4.78 is 0.218. The highest BCUT2D eigenvalue weighted by molar-refractivity contribution is 5.70. The molecule has 7 heteroatoms. The van der Waals surface area contributed by atoms with E-state index in [1.807, 2.05) is 13.8 Å². The van der Waals surface area contributed by atoms with Crippen LogP contribution in [0.25, 0.3) is 0 Å². The number of unbranched alkanes of at least 4 members (excludes halogenated alkanes) is 10. The second kappa shape index (κ2) is 22.0. The monoisotopic (exact) mass is 539 g/mol. The minimum atomic E-state index is -1.14. The van der Waals surface area contributed by atoms with Gasteiger partial charge in [-0.3, -0.25) is 9.59 Å². The number of quaternary nitrogens is 1. The third kappa shape index (κ3) is 16.2. The summed E-state index contributed by atoms with van der Waals surface area (Å²) in [5, 5.41) is 31.4. The average Bonchev–Trinajstić information content (AvgIpc) is 2.88. The second-order valence-corrected chi connectivity index (χ2v) is 11.1. The number of carboxylic acid groups (broad SMARTS) is 3. The van der Waals surface area contributed by atoms with Gasteiger partial charge < -0.3 is 24.6 Å². The highest BCUT2D eigenvalue weighted by atomic mass is 16.4. The molecule has 0 saturated heterocycles. The summed E-state index contributed by atoms with van der Waals surface area (Å²) in [6.45, 7) is 8.93. The molecule has 7 nitrogen and oxygen atoms in total. The van der Waals surface area contributed by atoms with Crippen molar-refractivity contribution < 1.29 is 34.2 Å². The summed E-state index contributed by atoms with van der Waals surface area (Å²) in [7, 11) is 0. The van der Waals surface area contributed by atoms with Gasteiger partial charge in [-0.2, -0.15) is 0 Å². The number of nitrogens with zero attached hydrogens (tertiary/aromatic N) is 1. The van der Waals surface area contributed by atoms with Gasteiger partial charge in [0.2, 0.25) is 0 Å². The fraction of sp³-hybridized carbons (Fsp3) is 0.839. The van der Waals surface area contributed by atoms with Crippen LogP contribution in [-0.4, -0.2) is 58.8 Å². The zero-order chi connectivity index (χ0) is 28.8. The fourth-order valence-corrected chi connectivity index (χ4v) is 5.44. The molecule has 0 aromatic rings. The largest absolute Gasteiger partial charge is 0.550 e. The number of carboxylic acids is 3. The molecule has 222 valence electrons. The van der Waals surface area contributed by atoms with Crippen LogP contribution in [0.15, 0.2) is 12.2 Å². The molecular formula is C31H57NO6. The van der Waals surface area contributed by atoms with Crippen LogP contribution in [0, 0.1) is 17.8 Å². The maximum absolute atomic E-state index is 11.9. The Balaban J connectivity index is 5.02. The van der Waals surface area contributed by atoms with Crippen LogP contribution >= 0.6 is 0 Å². The van der Waals surface area contributed by atoms with Crippen molar-refractivity contribution in [2.24, 2.45) is 17.8 Å². The third-order valence-electron chi connectivity index (χ3n) is 7.99. The van der Waals surface area contributed by atoms with Gasteiger partial charge in [-0.05, 0) is 51.4 Å². The highest BCUT2D eigenvalue weighted by Crippen LogP contribution is 2.25. The van der Waals surface area contributed by atoms with Crippen LogP contribution in [0.5, 0.6) is 0 Å². The summed E-state index contributed by atoms with van der Waals surface area (Å²) >= 11 is 0. The average molecular weight is 540 g/mol. The lowest BCUT2D eigenvalue weighted by Gasteiger charge is -2.44. The van der Waals surface area contributed by atoms with E-state index in [1.54, 1.807) is 6.92 Å². The van der Waals surface area contributed by atoms with Crippen LogP contribution in [-0.2, 0) is 14.4 Å². The van der Waals surface area contributed by atoms with Crippen molar-refractivity contribution in [2.45, 2.75) is 124 Å². The Morgan fingerprint density at radius 3 is 1.39 bits per heavy atom. The van der Waals surface area contributed by atoms with E-state index in [0.29, 0.717) is 25.8 Å². The smallest absolute Gasteiger partial charge is 0.312 e. The third-order valence-corrected chi connectivity index (χ3v) is 7.99. The van der Waals surface area contributed by atoms with Crippen molar-refractivity contribution in [2.75, 3.05) is 26.2 Å². The molecule has 0 aliphatic carbocycles. The standard InChI is InChI=1S/C31H57NO6/c1-5-9-10-11-12-13-14-15-16-17-18-19-20-21-22-32(23-26(6-2)29(33)34,24-27(7-3)30(35)36)25-28(8-4)31(37)38/h9-10,26-28H,5-8,11-25H2,1-4H3,(H2-,33,34,35,36,37,38)/b10-9+. The van der Waals surface area contributed by atoms with E-state index in [1.165, 1.54) is 44.9 Å². The normalized spacial score (nSPS) is 15.7. The van der Waals surface area contributed by atoms with E-state index in [-0.39, 0.29) is 24.1 Å². The highest BCUT2D eigenvalue weighted by Gasteiger charge is 2.39. The molecule has 0 aliphatic rings. The molecule has 0 heterocycles. The van der Waals surface area contributed by atoms with Gasteiger partial charge in [0, 0.05) is 5.92 Å². The van der Waals surface area contributed by atoms with Gasteiger partial charge in [0.1, 0.15) is 11.8 Å². The Labute approximate surface area is 232 Å². The number of allylic oxidation sites excluding steroid dienone is 2. The van der Waals surface area contributed by atoms with Gasteiger partial charge in [0.15, 0.2) is 0 Å². The molecule has 0 aromatic carbocycles. The Hall–Kier alpha value is -1.89. The van der Waals surface area contributed by atoms with Crippen molar-refractivity contribution in [3.8, 4) is 0 Å². The van der Waals surface area contributed by atoms with E-state index < -0.39 is 35.7 Å². The molecule has 38 heavy (non-hydrogen) atoms. The van der Waals surface area contributed by atoms with Crippen molar-refractivity contribution >= 4 is 17.9 Å². The summed E-state index contributed by atoms with van der Waals surface area (Å²) in [6, 6.07) is 0. The van der Waals surface area contributed by atoms with Gasteiger partial charge >= 0.3 is 11.9 Å². The summed E-state index contributed by atoms with van der Waals surface area (Å²) in [5.74, 6) is -4.95. The molecule has 0 fully saturated rings. The predicted molar refractivity (Wildman–Crippen MR) is 152 cm³/mol. The SMILES string of the molecule is CC/C=C/CCCCCCCCCCCC[N+](CC(CC)C(=O)[O-])(CC(CC)C(=O)O)CC(CC)C(=O)O. The van der Waals surface area contributed by atoms with Crippen molar-refractivity contribution in [3.63, 3.8) is 0 Å². The zero-order valence-electron chi connectivity index (χ0n) is 24.8. The molecule has 0 radical (unpaired) electrons. The molecule has 0 saturated carbocycles. The molecule has 0 amide bonds. The van der Waals surface area contributed by atoms with Gasteiger partial charge in [0.05, 0.1) is 32.1 Å². The number of hydrogen-bond donors (Lipinski definition) is 2. The first-order chi connectivity index (χ1) is 18.2. The van der Waals surface area contributed by atoms with Gasteiger partial charge in [-0.1, -0.05) is 84.8 Å². The van der Waals surface area contributed by atoms with E-state index >= 15 is 0 Å². The van der Waals surface area contributed by atoms with Crippen molar-refractivity contribution in [3.05, 3.63) is 12.2 Å². The first kappa shape index (κ1) is 36.1. The molecule has 3 atom stereocenters. The Morgan fingerprint density at radius 2 is 1.03 bits per heavy atom. The van der Waals surface area contributed by atoms with Crippen molar-refractivity contribution in [1.29, 1.82) is 0 Å². The first-order valence-electron chi connectivity index (χ1n) is 15.3. The minimum Gasteiger partial charge on any atom is -0.550 e. The predicted octanol–water partition coefficient (Wildman–Crippen LogP) is 6.06. The Bertz CT molecular complexity index is 617. The number of carbonyl (C=O) groups excluding carboxylic acids is 1. The van der Waals surface area contributed by atoms with Crippen LogP contribution in [0.1, 0.15) is 124 Å². The molecule has 0 bridgehead atoms. The van der Waals surface area contributed by atoms with Crippen molar-refractivity contribution in [1.82, 2.24) is 0 Å². The van der Waals surface area contributed by atoms with Crippen LogP contribution in [0.4, 0.5) is 0 Å². The van der Waals surface area contributed by atoms with E-state index in [4.69, 9.17) is 0 Å². The second-order valence-electron chi connectivity index (χ2n) is 11.1. The summed E-state index contributed by atoms with van der Waals surface area (Å²) in [6.07, 6.45) is 19.7. The quantitative estimate of drug-likeness (QED) is 0.0784. The summed E-state index contributed by atoms with van der Waals surface area (Å²) in [4.78, 5) is 35.7. The molecular weight excluding hydrogens is 482 g/mol. The van der Waals surface area contributed by atoms with Gasteiger partial charge in [0.25, 0.3) is 0 Å². The van der Waals surface area contributed by atoms with Gasteiger partial charge in [-0.25, -0.2) is 0 Å². The lowest BCUT2D eigenvalue weighted by molar-refractivity contribution is -0.935. The molecule has 0 rings (SSSR count). The molecule has 3 unspecified atom stereocenters. The summed E-state index contributed by atoms with van der Waals surface area (Å²) in [5.41, 5.74) is 0. The molecule has 0 aliphatic heterocycles. The van der Waals surface area contributed by atoms with Crippen LogP contribution in [0.2, 0.25) is 0 Å². The topological polar surface area (TPSA) is 115 Å². The molecule has 2 N–H and O–H groups in total. The zero-order valence-corrected chi connectivity index (χ0v) is 24.8. The van der Waals surface area contributed by atoms with E-state index in [2.05, 4.69) is 19.1 Å². The lowest BCUT2D eigenvalue weighted by atomic mass is 9.95. The lowest BCUT2D eigenvalue weighted by Crippen LogP contribution is -2.59. The molecule has 0 aromatic heterocycles. The Kier molecular flexibility index (Phi) is 20.9. The van der Waals surface area contributed by atoms with E-state index in [0.717, 1.165) is 32.1 Å². The number of rotatable bonds is 26. The Morgan fingerprint density at radius 1 is 0.632 bits per heavy atom. The maximum atomic E-state index is 11.9. The van der Waals surface area contributed by atoms with E-state index in [9.17, 15) is 29.7 Å².